The number of anilines is 1. The van der Waals surface area contributed by atoms with E-state index in [1.54, 1.807) is 37.1 Å². The minimum absolute atomic E-state index is 0.0765. The Bertz CT molecular complexity index is 1170. The lowest BCUT2D eigenvalue weighted by atomic mass is 10.1. The Kier molecular flexibility index (Phi) is 6.38. The Hall–Kier alpha value is -3.01. The van der Waals surface area contributed by atoms with E-state index in [0.717, 1.165) is 30.5 Å². The number of benzene rings is 1. The fourth-order valence-electron chi connectivity index (χ4n) is 4.28. The maximum atomic E-state index is 13.8. The zero-order valence-corrected chi connectivity index (χ0v) is 19.0. The van der Waals surface area contributed by atoms with Crippen LogP contribution >= 0.6 is 0 Å². The molecule has 7 nitrogen and oxygen atoms in total. The summed E-state index contributed by atoms with van der Waals surface area (Å²) in [7, 11) is 1.79. The van der Waals surface area contributed by atoms with Gasteiger partial charge in [0.25, 0.3) is 0 Å². The van der Waals surface area contributed by atoms with Gasteiger partial charge in [-0.15, -0.1) is 0 Å². The molecule has 0 saturated carbocycles. The zero-order valence-electron chi connectivity index (χ0n) is 19.0. The van der Waals surface area contributed by atoms with E-state index in [4.69, 9.17) is 4.74 Å². The van der Waals surface area contributed by atoms with E-state index in [2.05, 4.69) is 5.10 Å². The SMILES string of the molecule is CCn1cc(Cn2cc(C)n(-c3cc(N(C)C4CCOCC4)cc(C(F)(F)F)c3)c2=O)cn1. The summed E-state index contributed by atoms with van der Waals surface area (Å²) in [6.45, 7) is 5.85. The van der Waals surface area contributed by atoms with Crippen LogP contribution in [-0.2, 0) is 24.0 Å². The Balaban J connectivity index is 1.74. The van der Waals surface area contributed by atoms with Gasteiger partial charge in [0.1, 0.15) is 0 Å². The largest absolute Gasteiger partial charge is 0.416 e. The van der Waals surface area contributed by atoms with Crippen LogP contribution in [0.15, 0.2) is 41.6 Å². The van der Waals surface area contributed by atoms with Crippen molar-refractivity contribution in [1.29, 1.82) is 0 Å². The van der Waals surface area contributed by atoms with Crippen molar-refractivity contribution < 1.29 is 17.9 Å². The van der Waals surface area contributed by atoms with Crippen LogP contribution in [-0.4, -0.2) is 45.2 Å². The molecular formula is C23H28F3N5O2. The van der Waals surface area contributed by atoms with Crippen molar-refractivity contribution >= 4 is 5.69 Å². The molecule has 0 radical (unpaired) electrons. The van der Waals surface area contributed by atoms with Crippen molar-refractivity contribution in [2.24, 2.45) is 0 Å². The quantitative estimate of drug-likeness (QED) is 0.557. The van der Waals surface area contributed by atoms with Crippen LogP contribution in [0.3, 0.4) is 0 Å². The van der Waals surface area contributed by atoms with E-state index in [1.165, 1.54) is 9.13 Å². The van der Waals surface area contributed by atoms with Gasteiger partial charge in [0.15, 0.2) is 0 Å². The smallest absolute Gasteiger partial charge is 0.381 e. The van der Waals surface area contributed by atoms with Gasteiger partial charge in [-0.25, -0.2) is 4.79 Å². The zero-order chi connectivity index (χ0) is 23.8. The third kappa shape index (κ3) is 4.85. The monoisotopic (exact) mass is 463 g/mol. The summed E-state index contributed by atoms with van der Waals surface area (Å²) >= 11 is 0. The number of alkyl halides is 3. The molecule has 1 aromatic carbocycles. The summed E-state index contributed by atoms with van der Waals surface area (Å²) in [5.41, 5.74) is 0.856. The summed E-state index contributed by atoms with van der Waals surface area (Å²) in [5.74, 6) is 0. The fourth-order valence-corrected chi connectivity index (χ4v) is 4.28. The van der Waals surface area contributed by atoms with Crippen LogP contribution in [0.4, 0.5) is 18.9 Å². The first kappa shape index (κ1) is 23.2. The van der Waals surface area contributed by atoms with Crippen molar-refractivity contribution in [2.75, 3.05) is 25.2 Å². The topological polar surface area (TPSA) is 57.2 Å². The van der Waals surface area contributed by atoms with Crippen LogP contribution in [0.2, 0.25) is 0 Å². The van der Waals surface area contributed by atoms with Crippen molar-refractivity contribution in [2.45, 2.75) is 52.0 Å². The lowest BCUT2D eigenvalue weighted by molar-refractivity contribution is -0.137. The fraction of sp³-hybridized carbons (Fsp3) is 0.478. The van der Waals surface area contributed by atoms with Crippen molar-refractivity contribution in [3.8, 4) is 5.69 Å². The lowest BCUT2D eigenvalue weighted by Gasteiger charge is -2.33. The minimum Gasteiger partial charge on any atom is -0.381 e. The molecule has 1 saturated heterocycles. The van der Waals surface area contributed by atoms with Crippen molar-refractivity contribution in [3.63, 3.8) is 0 Å². The van der Waals surface area contributed by atoms with Gasteiger partial charge < -0.3 is 9.64 Å². The van der Waals surface area contributed by atoms with Crippen LogP contribution in [0.25, 0.3) is 5.69 Å². The molecule has 0 unspecified atom stereocenters. The second-order valence-corrected chi connectivity index (χ2v) is 8.41. The molecule has 2 aromatic heterocycles. The lowest BCUT2D eigenvalue weighted by Crippen LogP contribution is -2.37. The molecule has 1 fully saturated rings. The number of imidazole rings is 1. The molecular weight excluding hydrogens is 435 g/mol. The number of rotatable bonds is 6. The van der Waals surface area contributed by atoms with Crippen LogP contribution in [0.5, 0.6) is 0 Å². The van der Waals surface area contributed by atoms with Crippen LogP contribution in [0.1, 0.15) is 36.6 Å². The Morgan fingerprint density at radius 1 is 1.18 bits per heavy atom. The summed E-state index contributed by atoms with van der Waals surface area (Å²) in [6.07, 6.45) is 2.15. The summed E-state index contributed by atoms with van der Waals surface area (Å²) < 4.78 is 51.3. The van der Waals surface area contributed by atoms with Gasteiger partial charge in [-0.1, -0.05) is 0 Å². The Labute approximate surface area is 190 Å². The van der Waals surface area contributed by atoms with Gasteiger partial charge >= 0.3 is 11.9 Å². The standard InChI is InChI=1S/C23H28F3N5O2/c1-4-30-15-17(12-27-30)14-29-13-16(2)31(22(29)32)21-10-18(23(24,25)26)9-20(11-21)28(3)19-5-7-33-8-6-19/h9-13,15,19H,4-8,14H2,1-3H3. The van der Waals surface area contributed by atoms with E-state index in [1.807, 2.05) is 18.0 Å². The first-order chi connectivity index (χ1) is 15.7. The average molecular weight is 464 g/mol. The maximum Gasteiger partial charge on any atom is 0.416 e. The second-order valence-electron chi connectivity index (χ2n) is 8.41. The van der Waals surface area contributed by atoms with Gasteiger partial charge in [0.05, 0.1) is 24.0 Å². The predicted molar refractivity (Wildman–Crippen MR) is 119 cm³/mol. The molecule has 0 bridgehead atoms. The highest BCUT2D eigenvalue weighted by Crippen LogP contribution is 2.35. The van der Waals surface area contributed by atoms with Gasteiger partial charge in [-0.2, -0.15) is 18.3 Å². The highest BCUT2D eigenvalue weighted by atomic mass is 19.4. The number of nitrogens with zero attached hydrogens (tertiary/aromatic N) is 5. The number of hydrogen-bond donors (Lipinski definition) is 0. The molecule has 0 N–H and O–H groups in total. The Morgan fingerprint density at radius 3 is 2.55 bits per heavy atom. The number of aromatic nitrogens is 4. The van der Waals surface area contributed by atoms with Crippen LogP contribution in [0, 0.1) is 6.92 Å². The molecule has 1 aliphatic heterocycles. The third-order valence-electron chi connectivity index (χ3n) is 6.13. The highest BCUT2D eigenvalue weighted by molar-refractivity contribution is 5.57. The third-order valence-corrected chi connectivity index (χ3v) is 6.13. The normalized spacial score (nSPS) is 15.2. The molecule has 4 rings (SSSR count). The second kappa shape index (κ2) is 9.09. The van der Waals surface area contributed by atoms with Crippen LogP contribution < -0.4 is 10.6 Å². The minimum atomic E-state index is -4.53. The van der Waals surface area contributed by atoms with Gasteiger partial charge in [-0.05, 0) is 44.9 Å². The van der Waals surface area contributed by atoms with E-state index < -0.39 is 17.4 Å². The molecule has 33 heavy (non-hydrogen) atoms. The molecule has 0 aliphatic carbocycles. The average Bonchev–Trinajstić information content (AvgIpc) is 3.36. The number of aryl methyl sites for hydroxylation is 2. The van der Waals surface area contributed by atoms with E-state index >= 15 is 0 Å². The molecule has 0 atom stereocenters. The predicted octanol–water partition coefficient (Wildman–Crippen LogP) is 3.85. The Morgan fingerprint density at radius 2 is 1.91 bits per heavy atom. The summed E-state index contributed by atoms with van der Waals surface area (Å²) in [4.78, 5) is 15.1. The maximum absolute atomic E-state index is 13.8. The van der Waals surface area contributed by atoms with E-state index in [-0.39, 0.29) is 11.7 Å². The van der Waals surface area contributed by atoms with Crippen molar-refractivity contribution in [3.05, 3.63) is 64.1 Å². The number of ether oxygens (including phenoxy) is 1. The molecule has 0 spiro atoms. The first-order valence-electron chi connectivity index (χ1n) is 11.0. The van der Waals surface area contributed by atoms with E-state index in [9.17, 15) is 18.0 Å². The molecule has 3 aromatic rings. The molecule has 178 valence electrons. The molecule has 10 heteroatoms. The van der Waals surface area contributed by atoms with E-state index in [0.29, 0.717) is 37.7 Å². The molecule has 3 heterocycles. The molecule has 0 amide bonds. The van der Waals surface area contributed by atoms with Gasteiger partial charge in [0, 0.05) is 62.2 Å². The number of hydrogen-bond acceptors (Lipinski definition) is 4. The van der Waals surface area contributed by atoms with Gasteiger partial charge in [0.2, 0.25) is 0 Å². The van der Waals surface area contributed by atoms with Crippen molar-refractivity contribution in [1.82, 2.24) is 18.9 Å². The first-order valence-corrected chi connectivity index (χ1v) is 11.0. The summed E-state index contributed by atoms with van der Waals surface area (Å²) in [6, 6.07) is 3.91. The number of halogens is 3. The van der Waals surface area contributed by atoms with Gasteiger partial charge in [-0.3, -0.25) is 13.8 Å². The molecule has 1 aliphatic rings. The highest BCUT2D eigenvalue weighted by Gasteiger charge is 2.33. The summed E-state index contributed by atoms with van der Waals surface area (Å²) in [5, 5.41) is 4.22.